The van der Waals surface area contributed by atoms with Crippen molar-refractivity contribution in [1.82, 2.24) is 0 Å². The fourth-order valence-electron chi connectivity index (χ4n) is 1.72. The Morgan fingerprint density at radius 1 is 1.06 bits per heavy atom. The first-order valence-corrected chi connectivity index (χ1v) is 5.62. The van der Waals surface area contributed by atoms with Crippen LogP contribution < -0.4 is 11.1 Å². The van der Waals surface area contributed by atoms with Gasteiger partial charge in [0.05, 0.1) is 0 Å². The van der Waals surface area contributed by atoms with E-state index in [1.807, 2.05) is 36.4 Å². The van der Waals surface area contributed by atoms with Crippen LogP contribution in [0.25, 0.3) is 0 Å². The van der Waals surface area contributed by atoms with Gasteiger partial charge in [-0.05, 0) is 30.2 Å². The third-order valence-electron chi connectivity index (χ3n) is 2.62. The van der Waals surface area contributed by atoms with Gasteiger partial charge in [-0.3, -0.25) is 0 Å². The number of hydrogen-bond donors (Lipinski definition) is 3. The zero-order valence-corrected chi connectivity index (χ0v) is 9.56. The molecule has 0 amide bonds. The maximum Gasteiger partial charge on any atom is 0.117 e. The molecule has 17 heavy (non-hydrogen) atoms. The SMILES string of the molecule is Nc1ccccc1CCNc1cccc(O)c1. The molecule has 0 radical (unpaired) electrons. The quantitative estimate of drug-likeness (QED) is 0.705. The van der Waals surface area contributed by atoms with Crippen molar-refractivity contribution in [3.8, 4) is 5.75 Å². The van der Waals surface area contributed by atoms with Crippen LogP contribution in [-0.2, 0) is 6.42 Å². The predicted octanol–water partition coefficient (Wildman–Crippen LogP) is 2.63. The molecule has 4 N–H and O–H groups in total. The van der Waals surface area contributed by atoms with Gasteiger partial charge in [-0.1, -0.05) is 24.3 Å². The van der Waals surface area contributed by atoms with Crippen LogP contribution in [0.3, 0.4) is 0 Å². The Labute approximate surface area is 101 Å². The number of anilines is 2. The molecule has 2 aromatic rings. The van der Waals surface area contributed by atoms with Gasteiger partial charge in [0.2, 0.25) is 0 Å². The lowest BCUT2D eigenvalue weighted by molar-refractivity contribution is 0.475. The first-order valence-electron chi connectivity index (χ1n) is 5.62. The van der Waals surface area contributed by atoms with E-state index in [1.165, 1.54) is 0 Å². The minimum absolute atomic E-state index is 0.272. The topological polar surface area (TPSA) is 58.3 Å². The molecule has 0 unspecified atom stereocenters. The number of hydrogen-bond acceptors (Lipinski definition) is 3. The van der Waals surface area contributed by atoms with Gasteiger partial charge < -0.3 is 16.2 Å². The van der Waals surface area contributed by atoms with Crippen LogP contribution in [0.15, 0.2) is 48.5 Å². The number of rotatable bonds is 4. The van der Waals surface area contributed by atoms with Crippen LogP contribution in [0.1, 0.15) is 5.56 Å². The molecule has 0 heterocycles. The van der Waals surface area contributed by atoms with E-state index in [0.717, 1.165) is 29.9 Å². The number of aromatic hydroxyl groups is 1. The average molecular weight is 228 g/mol. The maximum atomic E-state index is 9.31. The Hall–Kier alpha value is -2.16. The van der Waals surface area contributed by atoms with Crippen molar-refractivity contribution in [3.63, 3.8) is 0 Å². The second kappa shape index (κ2) is 5.25. The van der Waals surface area contributed by atoms with Crippen molar-refractivity contribution in [3.05, 3.63) is 54.1 Å². The van der Waals surface area contributed by atoms with Gasteiger partial charge in [0.25, 0.3) is 0 Å². The summed E-state index contributed by atoms with van der Waals surface area (Å²) in [6.07, 6.45) is 0.863. The standard InChI is InChI=1S/C14H16N2O/c15-14-7-2-1-4-11(14)8-9-16-12-5-3-6-13(17)10-12/h1-7,10,16-17H,8-9,15H2. The Kier molecular flexibility index (Phi) is 3.50. The molecule has 3 heteroatoms. The molecular formula is C14H16N2O. The summed E-state index contributed by atoms with van der Waals surface area (Å²) in [7, 11) is 0. The minimum Gasteiger partial charge on any atom is -0.508 e. The second-order valence-electron chi connectivity index (χ2n) is 3.93. The lowest BCUT2D eigenvalue weighted by atomic mass is 10.1. The lowest BCUT2D eigenvalue weighted by Crippen LogP contribution is -2.06. The summed E-state index contributed by atoms with van der Waals surface area (Å²) in [6, 6.07) is 14.9. The third-order valence-corrected chi connectivity index (χ3v) is 2.62. The Morgan fingerprint density at radius 2 is 1.88 bits per heavy atom. The first-order chi connectivity index (χ1) is 8.25. The van der Waals surface area contributed by atoms with Crippen molar-refractivity contribution in [2.75, 3.05) is 17.6 Å². The molecule has 88 valence electrons. The van der Waals surface area contributed by atoms with E-state index in [-0.39, 0.29) is 5.75 Å². The van der Waals surface area contributed by atoms with Gasteiger partial charge in [0.1, 0.15) is 5.75 Å². The van der Waals surface area contributed by atoms with Crippen LogP contribution in [0, 0.1) is 0 Å². The molecule has 0 aromatic heterocycles. The van der Waals surface area contributed by atoms with E-state index in [1.54, 1.807) is 12.1 Å². The van der Waals surface area contributed by atoms with Crippen molar-refractivity contribution in [2.24, 2.45) is 0 Å². The van der Waals surface area contributed by atoms with Crippen LogP contribution in [-0.4, -0.2) is 11.7 Å². The number of benzene rings is 2. The summed E-state index contributed by atoms with van der Waals surface area (Å²) < 4.78 is 0. The molecule has 0 aliphatic rings. The molecule has 0 aliphatic carbocycles. The monoisotopic (exact) mass is 228 g/mol. The van der Waals surface area contributed by atoms with Crippen molar-refractivity contribution in [2.45, 2.75) is 6.42 Å². The smallest absolute Gasteiger partial charge is 0.117 e. The molecular weight excluding hydrogens is 212 g/mol. The second-order valence-corrected chi connectivity index (χ2v) is 3.93. The molecule has 0 saturated heterocycles. The predicted molar refractivity (Wildman–Crippen MR) is 71.2 cm³/mol. The van der Waals surface area contributed by atoms with Gasteiger partial charge in [-0.25, -0.2) is 0 Å². The fraction of sp³-hybridized carbons (Fsp3) is 0.143. The molecule has 0 aliphatic heterocycles. The van der Waals surface area contributed by atoms with Crippen molar-refractivity contribution < 1.29 is 5.11 Å². The highest BCUT2D eigenvalue weighted by atomic mass is 16.3. The molecule has 2 aromatic carbocycles. The zero-order valence-electron chi connectivity index (χ0n) is 9.56. The number of nitrogens with one attached hydrogen (secondary N) is 1. The summed E-state index contributed by atoms with van der Waals surface area (Å²) >= 11 is 0. The van der Waals surface area contributed by atoms with E-state index < -0.39 is 0 Å². The summed E-state index contributed by atoms with van der Waals surface area (Å²) in [5, 5.41) is 12.6. The van der Waals surface area contributed by atoms with Gasteiger partial charge >= 0.3 is 0 Å². The molecule has 0 bridgehead atoms. The maximum absolute atomic E-state index is 9.31. The first kappa shape index (κ1) is 11.3. The largest absolute Gasteiger partial charge is 0.508 e. The van der Waals surface area contributed by atoms with E-state index in [0.29, 0.717) is 0 Å². The minimum atomic E-state index is 0.272. The van der Waals surface area contributed by atoms with Crippen LogP contribution >= 0.6 is 0 Å². The molecule has 0 saturated carbocycles. The Morgan fingerprint density at radius 3 is 2.65 bits per heavy atom. The van der Waals surface area contributed by atoms with E-state index in [2.05, 4.69) is 5.32 Å². The van der Waals surface area contributed by atoms with Gasteiger partial charge in [-0.2, -0.15) is 0 Å². The van der Waals surface area contributed by atoms with Crippen LogP contribution in [0.5, 0.6) is 5.75 Å². The van der Waals surface area contributed by atoms with Crippen LogP contribution in [0.2, 0.25) is 0 Å². The molecule has 2 rings (SSSR count). The summed E-state index contributed by atoms with van der Waals surface area (Å²) in [5.74, 6) is 0.272. The molecule has 0 fully saturated rings. The van der Waals surface area contributed by atoms with E-state index in [4.69, 9.17) is 5.73 Å². The number of nitrogens with two attached hydrogens (primary N) is 1. The number of nitrogen functional groups attached to an aromatic ring is 1. The van der Waals surface area contributed by atoms with E-state index in [9.17, 15) is 5.11 Å². The highest BCUT2D eigenvalue weighted by Gasteiger charge is 1.98. The highest BCUT2D eigenvalue weighted by Crippen LogP contribution is 2.16. The normalized spacial score (nSPS) is 10.1. The Balaban J connectivity index is 1.90. The lowest BCUT2D eigenvalue weighted by Gasteiger charge is -2.08. The van der Waals surface area contributed by atoms with Crippen LogP contribution in [0.4, 0.5) is 11.4 Å². The van der Waals surface area contributed by atoms with Crippen molar-refractivity contribution >= 4 is 11.4 Å². The summed E-state index contributed by atoms with van der Waals surface area (Å²) in [4.78, 5) is 0. The van der Waals surface area contributed by atoms with Gasteiger partial charge in [0.15, 0.2) is 0 Å². The molecule has 0 spiro atoms. The van der Waals surface area contributed by atoms with Gasteiger partial charge in [-0.15, -0.1) is 0 Å². The van der Waals surface area contributed by atoms with Gasteiger partial charge in [0, 0.05) is 24.0 Å². The molecule has 3 nitrogen and oxygen atoms in total. The fourth-order valence-corrected chi connectivity index (χ4v) is 1.72. The average Bonchev–Trinajstić information content (AvgIpc) is 2.32. The van der Waals surface area contributed by atoms with E-state index >= 15 is 0 Å². The number of phenols is 1. The number of phenolic OH excluding ortho intramolecular Hbond substituents is 1. The highest BCUT2D eigenvalue weighted by molar-refractivity contribution is 5.49. The summed E-state index contributed by atoms with van der Waals surface area (Å²) in [6.45, 7) is 0.789. The Bertz CT molecular complexity index is 497. The number of para-hydroxylation sites is 1. The van der Waals surface area contributed by atoms with Crippen molar-refractivity contribution in [1.29, 1.82) is 0 Å². The molecule has 0 atom stereocenters. The third kappa shape index (κ3) is 3.14. The zero-order chi connectivity index (χ0) is 12.1. The summed E-state index contributed by atoms with van der Waals surface area (Å²) in [5.41, 5.74) is 8.74.